The molecule has 0 N–H and O–H groups in total. The normalized spacial score (nSPS) is 10.1. The minimum atomic E-state index is 0.624. The van der Waals surface area contributed by atoms with E-state index in [0.717, 1.165) is 19.6 Å². The molecule has 0 radical (unpaired) electrons. The zero-order valence-corrected chi connectivity index (χ0v) is 13.8. The summed E-state index contributed by atoms with van der Waals surface area (Å²) in [5.41, 5.74) is 0.624. The van der Waals surface area contributed by atoms with Gasteiger partial charge in [-0.1, -0.05) is 59.9 Å². The predicted molar refractivity (Wildman–Crippen MR) is 95.4 cm³/mol. The maximum absolute atomic E-state index is 10.6. The van der Waals surface area contributed by atoms with Gasteiger partial charge in [0, 0.05) is 19.6 Å². The molecule has 0 aliphatic heterocycles. The Morgan fingerprint density at radius 1 is 0.652 bits per heavy atom. The zero-order valence-electron chi connectivity index (χ0n) is 12.2. The number of hydrogen-bond donors (Lipinski definition) is 0. The van der Waals surface area contributed by atoms with Crippen LogP contribution in [-0.4, -0.2) is 6.08 Å². The van der Waals surface area contributed by atoms with Crippen LogP contribution in [0.4, 0.5) is 5.69 Å². The van der Waals surface area contributed by atoms with Crippen molar-refractivity contribution in [3.05, 3.63) is 78.9 Å². The van der Waals surface area contributed by atoms with E-state index < -0.39 is 0 Å². The van der Waals surface area contributed by atoms with Crippen LogP contribution in [0.2, 0.25) is 0 Å². The molecule has 0 fully saturated rings. The first-order valence-electron chi connectivity index (χ1n) is 7.02. The fourth-order valence-corrected chi connectivity index (χ4v) is 3.98. The Hall–Kier alpha value is -2.26. The lowest BCUT2D eigenvalue weighted by Crippen LogP contribution is -1.78. The van der Waals surface area contributed by atoms with Crippen molar-refractivity contribution >= 4 is 35.3 Å². The predicted octanol–water partition coefficient (Wildman–Crippen LogP) is 5.96. The summed E-state index contributed by atoms with van der Waals surface area (Å²) in [6.45, 7) is 0. The molecule has 0 atom stereocenters. The molecule has 0 saturated carbocycles. The molecule has 0 bridgehead atoms. The van der Waals surface area contributed by atoms with Crippen molar-refractivity contribution in [3.8, 4) is 0 Å². The van der Waals surface area contributed by atoms with Gasteiger partial charge in [0.15, 0.2) is 0 Å². The summed E-state index contributed by atoms with van der Waals surface area (Å²) in [5.74, 6) is 0. The van der Waals surface area contributed by atoms with Crippen LogP contribution >= 0.6 is 23.5 Å². The van der Waals surface area contributed by atoms with Crippen molar-refractivity contribution in [1.29, 1.82) is 0 Å². The summed E-state index contributed by atoms with van der Waals surface area (Å²) in [6.07, 6.45) is 1.62. The first kappa shape index (κ1) is 15.6. The number of carbonyl (C=O) groups excluding carboxylic acids is 1. The van der Waals surface area contributed by atoms with Gasteiger partial charge in [0.1, 0.15) is 0 Å². The lowest BCUT2D eigenvalue weighted by molar-refractivity contribution is 0.565. The van der Waals surface area contributed by atoms with Crippen molar-refractivity contribution < 1.29 is 4.79 Å². The highest BCUT2D eigenvalue weighted by Gasteiger charge is 2.05. The molecule has 0 aromatic heterocycles. The molecule has 0 saturated heterocycles. The maximum Gasteiger partial charge on any atom is 0.240 e. The Morgan fingerprint density at radius 2 is 1.13 bits per heavy atom. The summed E-state index contributed by atoms with van der Waals surface area (Å²) >= 11 is 3.30. The second kappa shape index (κ2) is 7.84. The van der Waals surface area contributed by atoms with E-state index in [2.05, 4.69) is 35.3 Å². The highest BCUT2D eigenvalue weighted by atomic mass is 32.2. The van der Waals surface area contributed by atoms with Gasteiger partial charge in [-0.3, -0.25) is 0 Å². The first-order chi connectivity index (χ1) is 11.3. The van der Waals surface area contributed by atoms with Crippen LogP contribution in [0.5, 0.6) is 0 Å². The molecule has 2 nitrogen and oxygen atoms in total. The molecule has 0 spiro atoms. The first-order valence-corrected chi connectivity index (χ1v) is 8.65. The van der Waals surface area contributed by atoms with Crippen molar-refractivity contribution in [2.75, 3.05) is 0 Å². The van der Waals surface area contributed by atoms with Crippen LogP contribution < -0.4 is 0 Å². The Bertz CT molecular complexity index is 769. The summed E-state index contributed by atoms with van der Waals surface area (Å²) in [4.78, 5) is 18.8. The molecular formula is C19H13NOS2. The summed E-state index contributed by atoms with van der Waals surface area (Å²) < 4.78 is 0. The van der Waals surface area contributed by atoms with E-state index in [9.17, 15) is 4.79 Å². The smallest absolute Gasteiger partial charge is 0.211 e. The van der Waals surface area contributed by atoms with E-state index in [-0.39, 0.29) is 0 Å². The van der Waals surface area contributed by atoms with Crippen LogP contribution in [0.1, 0.15) is 0 Å². The van der Waals surface area contributed by atoms with Gasteiger partial charge in [0.05, 0.1) is 5.69 Å². The Labute approximate surface area is 143 Å². The molecule has 23 heavy (non-hydrogen) atoms. The second-order valence-corrected chi connectivity index (χ2v) is 6.99. The Kier molecular flexibility index (Phi) is 5.33. The van der Waals surface area contributed by atoms with Crippen molar-refractivity contribution in [3.63, 3.8) is 0 Å². The van der Waals surface area contributed by atoms with Gasteiger partial charge in [-0.2, -0.15) is 4.99 Å². The Balaban J connectivity index is 1.91. The van der Waals surface area contributed by atoms with E-state index in [1.807, 2.05) is 48.5 Å². The fraction of sp³-hybridized carbons (Fsp3) is 0. The topological polar surface area (TPSA) is 29.4 Å². The molecule has 0 unspecified atom stereocenters. The second-order valence-electron chi connectivity index (χ2n) is 4.70. The summed E-state index contributed by atoms with van der Waals surface area (Å²) in [7, 11) is 0. The van der Waals surface area contributed by atoms with Crippen LogP contribution in [-0.2, 0) is 4.79 Å². The summed E-state index contributed by atoms with van der Waals surface area (Å²) in [6, 6.07) is 26.2. The highest BCUT2D eigenvalue weighted by Crippen LogP contribution is 2.36. The zero-order chi connectivity index (χ0) is 15.9. The number of hydrogen-bond acceptors (Lipinski definition) is 4. The van der Waals surface area contributed by atoms with Crippen molar-refractivity contribution in [2.24, 2.45) is 4.99 Å². The summed E-state index contributed by atoms with van der Waals surface area (Å²) in [5, 5.41) is 0. The Morgan fingerprint density at radius 3 is 1.57 bits per heavy atom. The maximum atomic E-state index is 10.6. The van der Waals surface area contributed by atoms with Gasteiger partial charge in [-0.05, 0) is 42.5 Å². The third-order valence-electron chi connectivity index (χ3n) is 3.00. The number of nitrogens with zero attached hydrogens (tertiary/aromatic N) is 1. The van der Waals surface area contributed by atoms with Crippen LogP contribution in [0.3, 0.4) is 0 Å². The van der Waals surface area contributed by atoms with E-state index in [0.29, 0.717) is 5.69 Å². The van der Waals surface area contributed by atoms with Crippen molar-refractivity contribution in [1.82, 2.24) is 0 Å². The van der Waals surface area contributed by atoms with E-state index in [1.165, 1.54) is 0 Å². The fourth-order valence-electron chi connectivity index (χ4n) is 2.04. The van der Waals surface area contributed by atoms with Crippen LogP contribution in [0.15, 0.2) is 103 Å². The molecule has 4 heteroatoms. The lowest BCUT2D eigenvalue weighted by Gasteiger charge is -2.07. The standard InChI is InChI=1S/C19H13NOS2/c21-14-20-15-11-18(22-16-7-3-1-4-8-16)13-19(12-15)23-17-9-5-2-6-10-17/h1-13H. The molecule has 112 valence electrons. The molecule has 0 aliphatic carbocycles. The molecule has 0 heterocycles. The number of isocyanates is 1. The number of aliphatic imine (C=N–C) groups is 1. The van der Waals surface area contributed by atoms with Gasteiger partial charge < -0.3 is 0 Å². The van der Waals surface area contributed by atoms with Gasteiger partial charge in [0.25, 0.3) is 0 Å². The van der Waals surface area contributed by atoms with E-state index in [4.69, 9.17) is 0 Å². The molecule has 0 aliphatic rings. The minimum Gasteiger partial charge on any atom is -0.211 e. The number of benzene rings is 3. The average Bonchev–Trinajstić information content (AvgIpc) is 2.57. The number of rotatable bonds is 5. The highest BCUT2D eigenvalue weighted by molar-refractivity contribution is 8.00. The third kappa shape index (κ3) is 4.60. The lowest BCUT2D eigenvalue weighted by atomic mass is 10.3. The van der Waals surface area contributed by atoms with Gasteiger partial charge in [-0.15, -0.1) is 0 Å². The largest absolute Gasteiger partial charge is 0.240 e. The molecule has 3 aromatic carbocycles. The van der Waals surface area contributed by atoms with Crippen LogP contribution in [0, 0.1) is 0 Å². The molecule has 0 amide bonds. The third-order valence-corrected chi connectivity index (χ3v) is 4.96. The van der Waals surface area contributed by atoms with Gasteiger partial charge in [0.2, 0.25) is 6.08 Å². The molecule has 3 aromatic rings. The van der Waals surface area contributed by atoms with Gasteiger partial charge in [-0.25, -0.2) is 4.79 Å². The average molecular weight is 335 g/mol. The quantitative estimate of drug-likeness (QED) is 0.426. The van der Waals surface area contributed by atoms with Crippen LogP contribution in [0.25, 0.3) is 0 Å². The van der Waals surface area contributed by atoms with E-state index in [1.54, 1.807) is 29.6 Å². The monoisotopic (exact) mass is 335 g/mol. The molecule has 3 rings (SSSR count). The molecular weight excluding hydrogens is 322 g/mol. The van der Waals surface area contributed by atoms with Crippen molar-refractivity contribution in [2.45, 2.75) is 19.6 Å². The van der Waals surface area contributed by atoms with E-state index >= 15 is 0 Å². The minimum absolute atomic E-state index is 0.624. The van der Waals surface area contributed by atoms with Gasteiger partial charge >= 0.3 is 0 Å². The SMILES string of the molecule is O=C=Nc1cc(Sc2ccccc2)cc(Sc2ccccc2)c1.